The molecule has 0 bridgehead atoms. The molecule has 0 aromatic carbocycles. The van der Waals surface area contributed by atoms with Crippen LogP contribution >= 0.6 is 0 Å². The number of rotatable bonds is 5. The van der Waals surface area contributed by atoms with Crippen molar-refractivity contribution < 1.29 is 4.74 Å². The predicted octanol–water partition coefficient (Wildman–Crippen LogP) is 1.36. The van der Waals surface area contributed by atoms with Gasteiger partial charge in [0, 0.05) is 19.8 Å². The maximum absolute atomic E-state index is 8.94. The zero-order valence-corrected chi connectivity index (χ0v) is 11.3. The van der Waals surface area contributed by atoms with Crippen LogP contribution in [0.1, 0.15) is 33.1 Å². The van der Waals surface area contributed by atoms with Gasteiger partial charge in [-0.1, -0.05) is 0 Å². The number of hydrogen-bond donors (Lipinski definition) is 1. The number of piperidine rings is 1. The van der Waals surface area contributed by atoms with Gasteiger partial charge in [0.2, 0.25) is 0 Å². The highest BCUT2D eigenvalue weighted by atomic mass is 16.5. The van der Waals surface area contributed by atoms with Gasteiger partial charge >= 0.3 is 0 Å². The fourth-order valence-electron chi connectivity index (χ4n) is 2.58. The van der Waals surface area contributed by atoms with Crippen LogP contribution in [-0.4, -0.2) is 43.3 Å². The summed E-state index contributed by atoms with van der Waals surface area (Å²) in [5, 5.41) is 8.94. The monoisotopic (exact) mass is 239 g/mol. The van der Waals surface area contributed by atoms with Gasteiger partial charge in [0.05, 0.1) is 6.07 Å². The molecule has 0 amide bonds. The highest BCUT2D eigenvalue weighted by Crippen LogP contribution is 2.22. The molecule has 1 aliphatic rings. The molecule has 1 fully saturated rings. The summed E-state index contributed by atoms with van der Waals surface area (Å²) in [6.07, 6.45) is 3.11. The Morgan fingerprint density at radius 2 is 2.12 bits per heavy atom. The Balaban J connectivity index is 2.36. The summed E-state index contributed by atoms with van der Waals surface area (Å²) in [6.45, 7) is 7.03. The van der Waals surface area contributed by atoms with Crippen molar-refractivity contribution >= 4 is 0 Å². The van der Waals surface area contributed by atoms with E-state index in [4.69, 9.17) is 15.7 Å². The van der Waals surface area contributed by atoms with E-state index >= 15 is 0 Å². The lowest BCUT2D eigenvalue weighted by molar-refractivity contribution is 0.0781. The molecule has 0 saturated carbocycles. The van der Waals surface area contributed by atoms with Crippen molar-refractivity contribution in [3.05, 3.63) is 0 Å². The zero-order valence-electron chi connectivity index (χ0n) is 11.3. The quantitative estimate of drug-likeness (QED) is 0.787. The average Bonchev–Trinajstić information content (AvgIpc) is 2.30. The first-order valence-electron chi connectivity index (χ1n) is 6.41. The molecule has 1 saturated heterocycles. The highest BCUT2D eigenvalue weighted by molar-refractivity contribution is 5.02. The molecule has 4 heteroatoms. The van der Waals surface area contributed by atoms with Crippen molar-refractivity contribution in [2.24, 2.45) is 11.7 Å². The van der Waals surface area contributed by atoms with Crippen molar-refractivity contribution in [1.29, 1.82) is 5.26 Å². The summed E-state index contributed by atoms with van der Waals surface area (Å²) in [4.78, 5) is 2.44. The second-order valence-corrected chi connectivity index (χ2v) is 5.52. The molecule has 17 heavy (non-hydrogen) atoms. The van der Waals surface area contributed by atoms with Crippen LogP contribution in [0.3, 0.4) is 0 Å². The zero-order chi connectivity index (χ0) is 12.9. The van der Waals surface area contributed by atoms with E-state index in [9.17, 15) is 0 Å². The van der Waals surface area contributed by atoms with E-state index in [2.05, 4.69) is 17.9 Å². The second kappa shape index (κ2) is 6.34. The second-order valence-electron chi connectivity index (χ2n) is 5.52. The normalized spacial score (nSPS) is 23.9. The minimum Gasteiger partial charge on any atom is -0.384 e. The van der Waals surface area contributed by atoms with E-state index in [1.807, 2.05) is 0 Å². The van der Waals surface area contributed by atoms with E-state index in [1.165, 1.54) is 12.8 Å². The van der Waals surface area contributed by atoms with Crippen LogP contribution < -0.4 is 5.73 Å². The Hall–Kier alpha value is -0.630. The van der Waals surface area contributed by atoms with Crippen molar-refractivity contribution in [2.45, 2.75) is 44.7 Å². The van der Waals surface area contributed by atoms with Crippen LogP contribution in [-0.2, 0) is 4.74 Å². The van der Waals surface area contributed by atoms with Crippen LogP contribution in [0.2, 0.25) is 0 Å². The van der Waals surface area contributed by atoms with Gasteiger partial charge in [-0.3, -0.25) is 0 Å². The van der Waals surface area contributed by atoms with Gasteiger partial charge in [-0.2, -0.15) is 5.26 Å². The fraction of sp³-hybridized carbons (Fsp3) is 0.923. The van der Waals surface area contributed by atoms with Crippen molar-refractivity contribution in [3.8, 4) is 6.07 Å². The molecule has 0 spiro atoms. The van der Waals surface area contributed by atoms with Crippen LogP contribution in [0.25, 0.3) is 0 Å². The van der Waals surface area contributed by atoms with E-state index in [-0.39, 0.29) is 0 Å². The standard InChI is InChI=1S/C13H25N3O/c1-11(8-13(2,15)10-14)16-6-4-12(5-7-16)9-17-3/h11-12H,4-9,15H2,1-3H3. The number of nitrogens with two attached hydrogens (primary N) is 1. The van der Waals surface area contributed by atoms with E-state index in [0.29, 0.717) is 12.0 Å². The Labute approximate surface area is 105 Å². The van der Waals surface area contributed by atoms with Crippen molar-refractivity contribution in [3.63, 3.8) is 0 Å². The Morgan fingerprint density at radius 3 is 2.59 bits per heavy atom. The number of nitriles is 1. The van der Waals surface area contributed by atoms with Gasteiger partial charge in [-0.05, 0) is 52.1 Å². The van der Waals surface area contributed by atoms with Crippen LogP contribution in [0.5, 0.6) is 0 Å². The third-order valence-electron chi connectivity index (χ3n) is 3.65. The molecule has 0 radical (unpaired) electrons. The number of hydrogen-bond acceptors (Lipinski definition) is 4. The molecule has 1 heterocycles. The molecule has 0 aromatic rings. The lowest BCUT2D eigenvalue weighted by atomic mass is 9.92. The summed E-state index contributed by atoms with van der Waals surface area (Å²) in [5.74, 6) is 0.698. The first kappa shape index (κ1) is 14.4. The summed E-state index contributed by atoms with van der Waals surface area (Å²) in [6, 6.07) is 2.55. The van der Waals surface area contributed by atoms with Crippen molar-refractivity contribution in [1.82, 2.24) is 4.90 Å². The van der Waals surface area contributed by atoms with E-state index < -0.39 is 5.54 Å². The molecule has 2 unspecified atom stereocenters. The number of likely N-dealkylation sites (tertiary alicyclic amines) is 1. The maximum atomic E-state index is 8.94. The fourth-order valence-corrected chi connectivity index (χ4v) is 2.58. The average molecular weight is 239 g/mol. The molecular weight excluding hydrogens is 214 g/mol. The van der Waals surface area contributed by atoms with Gasteiger partial charge < -0.3 is 15.4 Å². The summed E-state index contributed by atoms with van der Waals surface area (Å²) < 4.78 is 5.19. The largest absolute Gasteiger partial charge is 0.384 e. The molecule has 0 aromatic heterocycles. The summed E-state index contributed by atoms with van der Waals surface area (Å²) >= 11 is 0. The predicted molar refractivity (Wildman–Crippen MR) is 68.5 cm³/mol. The third-order valence-corrected chi connectivity index (χ3v) is 3.65. The number of ether oxygens (including phenoxy) is 1. The van der Waals surface area contributed by atoms with Gasteiger partial charge in [-0.25, -0.2) is 0 Å². The molecule has 98 valence electrons. The molecule has 2 atom stereocenters. The first-order valence-corrected chi connectivity index (χ1v) is 6.41. The topological polar surface area (TPSA) is 62.3 Å². The minimum absolute atomic E-state index is 0.383. The lowest BCUT2D eigenvalue weighted by Gasteiger charge is -2.37. The van der Waals surface area contributed by atoms with Gasteiger partial charge in [0.15, 0.2) is 0 Å². The molecule has 4 nitrogen and oxygen atoms in total. The van der Waals surface area contributed by atoms with E-state index in [1.54, 1.807) is 14.0 Å². The lowest BCUT2D eigenvalue weighted by Crippen LogP contribution is -2.46. The van der Waals surface area contributed by atoms with Gasteiger partial charge in [-0.15, -0.1) is 0 Å². The highest BCUT2D eigenvalue weighted by Gasteiger charge is 2.27. The molecular formula is C13H25N3O. The Kier molecular flexibility index (Phi) is 5.38. The van der Waals surface area contributed by atoms with Crippen LogP contribution in [0.4, 0.5) is 0 Å². The number of methoxy groups -OCH3 is 1. The Bertz CT molecular complexity index is 264. The number of nitrogens with zero attached hydrogens (tertiary/aromatic N) is 2. The van der Waals surface area contributed by atoms with Crippen LogP contribution in [0, 0.1) is 17.2 Å². The molecule has 2 N–H and O–H groups in total. The van der Waals surface area contributed by atoms with Crippen molar-refractivity contribution in [2.75, 3.05) is 26.8 Å². The Morgan fingerprint density at radius 1 is 1.53 bits per heavy atom. The SMILES string of the molecule is COCC1CCN(C(C)CC(C)(N)C#N)CC1. The van der Waals surface area contributed by atoms with E-state index in [0.717, 1.165) is 26.1 Å². The van der Waals surface area contributed by atoms with Crippen LogP contribution in [0.15, 0.2) is 0 Å². The molecule has 1 rings (SSSR count). The third kappa shape index (κ3) is 4.63. The minimum atomic E-state index is -0.706. The first-order chi connectivity index (χ1) is 7.98. The van der Waals surface area contributed by atoms with Gasteiger partial charge in [0.1, 0.15) is 5.54 Å². The smallest absolute Gasteiger partial charge is 0.102 e. The van der Waals surface area contributed by atoms with Gasteiger partial charge in [0.25, 0.3) is 0 Å². The maximum Gasteiger partial charge on any atom is 0.102 e. The molecule has 0 aliphatic carbocycles. The summed E-state index contributed by atoms with van der Waals surface area (Å²) in [5.41, 5.74) is 5.19. The molecule has 1 aliphatic heterocycles. The summed E-state index contributed by atoms with van der Waals surface area (Å²) in [7, 11) is 1.77.